The van der Waals surface area contributed by atoms with Crippen LogP contribution >= 0.6 is 11.3 Å². The van der Waals surface area contributed by atoms with Gasteiger partial charge in [0.15, 0.2) is 5.13 Å². The molecule has 2 aromatic rings. The molecule has 0 radical (unpaired) electrons. The maximum atomic E-state index is 5.75. The third-order valence-corrected chi connectivity index (χ3v) is 3.68. The first-order valence-corrected chi connectivity index (χ1v) is 6.47. The Morgan fingerprint density at radius 2 is 2.12 bits per heavy atom. The largest absolute Gasteiger partial charge is 0.399 e. The number of thiazole rings is 1. The number of nitrogens with one attached hydrogen (secondary N) is 1. The van der Waals surface area contributed by atoms with Gasteiger partial charge in [0.05, 0.1) is 10.2 Å². The van der Waals surface area contributed by atoms with Crippen molar-refractivity contribution < 1.29 is 0 Å². The Labute approximate surface area is 99.7 Å². The highest BCUT2D eigenvalue weighted by Crippen LogP contribution is 2.28. The molecule has 2 rings (SSSR count). The molecule has 1 aromatic carbocycles. The Balaban J connectivity index is 2.25. The van der Waals surface area contributed by atoms with Gasteiger partial charge in [0, 0.05) is 11.7 Å². The first-order valence-electron chi connectivity index (χ1n) is 5.65. The summed E-state index contributed by atoms with van der Waals surface area (Å²) in [6.45, 7) is 4.37. The fraction of sp³-hybridized carbons (Fsp3) is 0.417. The van der Waals surface area contributed by atoms with Crippen molar-refractivity contribution in [3.05, 3.63) is 18.2 Å². The van der Waals surface area contributed by atoms with E-state index in [0.29, 0.717) is 6.04 Å². The molecule has 0 aliphatic carbocycles. The van der Waals surface area contributed by atoms with Gasteiger partial charge >= 0.3 is 0 Å². The fourth-order valence-corrected chi connectivity index (χ4v) is 2.66. The van der Waals surface area contributed by atoms with E-state index < -0.39 is 0 Å². The van der Waals surface area contributed by atoms with Gasteiger partial charge in [-0.25, -0.2) is 4.98 Å². The Kier molecular flexibility index (Phi) is 3.29. The lowest BCUT2D eigenvalue weighted by Crippen LogP contribution is -2.16. The van der Waals surface area contributed by atoms with Crippen LogP contribution in [0.4, 0.5) is 10.8 Å². The highest BCUT2D eigenvalue weighted by Gasteiger charge is 2.07. The van der Waals surface area contributed by atoms with E-state index in [0.717, 1.165) is 33.9 Å². The second kappa shape index (κ2) is 4.70. The van der Waals surface area contributed by atoms with Crippen LogP contribution in [0, 0.1) is 0 Å². The SMILES string of the molecule is CCC(CC)Nc1nc2ccc(N)cc2s1. The molecule has 0 saturated heterocycles. The zero-order valence-electron chi connectivity index (χ0n) is 9.66. The number of hydrogen-bond donors (Lipinski definition) is 2. The predicted molar refractivity (Wildman–Crippen MR) is 72.0 cm³/mol. The molecule has 86 valence electrons. The topological polar surface area (TPSA) is 50.9 Å². The molecule has 4 heteroatoms. The van der Waals surface area contributed by atoms with Crippen LogP contribution in [0.25, 0.3) is 10.2 Å². The van der Waals surface area contributed by atoms with Gasteiger partial charge in [-0.15, -0.1) is 0 Å². The quantitative estimate of drug-likeness (QED) is 0.798. The van der Waals surface area contributed by atoms with E-state index in [1.54, 1.807) is 11.3 Å². The maximum absolute atomic E-state index is 5.75. The van der Waals surface area contributed by atoms with Gasteiger partial charge in [0.25, 0.3) is 0 Å². The summed E-state index contributed by atoms with van der Waals surface area (Å²) >= 11 is 1.67. The molecule has 0 amide bonds. The molecule has 0 unspecified atom stereocenters. The van der Waals surface area contributed by atoms with Crippen LogP contribution in [0.15, 0.2) is 18.2 Å². The monoisotopic (exact) mass is 235 g/mol. The third kappa shape index (κ3) is 2.27. The molecular formula is C12H17N3S. The molecule has 0 spiro atoms. The molecule has 0 bridgehead atoms. The van der Waals surface area contributed by atoms with Gasteiger partial charge in [-0.3, -0.25) is 0 Å². The van der Waals surface area contributed by atoms with Crippen molar-refractivity contribution >= 4 is 32.4 Å². The first-order chi connectivity index (χ1) is 7.72. The van der Waals surface area contributed by atoms with Gasteiger partial charge < -0.3 is 11.1 Å². The lowest BCUT2D eigenvalue weighted by molar-refractivity contribution is 0.671. The number of anilines is 2. The molecule has 16 heavy (non-hydrogen) atoms. The minimum absolute atomic E-state index is 0.512. The molecule has 1 aromatic heterocycles. The molecule has 0 saturated carbocycles. The van der Waals surface area contributed by atoms with Crippen molar-refractivity contribution in [1.82, 2.24) is 4.98 Å². The van der Waals surface area contributed by atoms with Gasteiger partial charge in [-0.2, -0.15) is 0 Å². The molecule has 3 nitrogen and oxygen atoms in total. The standard InChI is InChI=1S/C12H17N3S/c1-3-9(4-2)14-12-15-10-6-5-8(13)7-11(10)16-12/h5-7,9H,3-4,13H2,1-2H3,(H,14,15). The summed E-state index contributed by atoms with van der Waals surface area (Å²) in [7, 11) is 0. The van der Waals surface area contributed by atoms with E-state index in [1.807, 2.05) is 18.2 Å². The van der Waals surface area contributed by atoms with Crippen LogP contribution in [0.2, 0.25) is 0 Å². The van der Waals surface area contributed by atoms with Gasteiger partial charge in [-0.05, 0) is 31.0 Å². The lowest BCUT2D eigenvalue weighted by Gasteiger charge is -2.12. The number of hydrogen-bond acceptors (Lipinski definition) is 4. The third-order valence-electron chi connectivity index (χ3n) is 2.73. The molecule has 0 fully saturated rings. The number of rotatable bonds is 4. The highest BCUT2D eigenvalue weighted by atomic mass is 32.1. The van der Waals surface area contributed by atoms with Crippen LogP contribution in [-0.4, -0.2) is 11.0 Å². The summed E-state index contributed by atoms with van der Waals surface area (Å²) in [5.41, 5.74) is 7.56. The van der Waals surface area contributed by atoms with Crippen LogP contribution in [0.3, 0.4) is 0 Å². The summed E-state index contributed by atoms with van der Waals surface area (Å²) in [5.74, 6) is 0. The molecule has 0 atom stereocenters. The van der Waals surface area contributed by atoms with Crippen LogP contribution in [-0.2, 0) is 0 Å². The van der Waals surface area contributed by atoms with Crippen molar-refractivity contribution in [2.75, 3.05) is 11.1 Å². The Morgan fingerprint density at radius 1 is 1.38 bits per heavy atom. The molecule has 0 aliphatic heterocycles. The Bertz CT molecular complexity index is 474. The van der Waals surface area contributed by atoms with E-state index in [1.165, 1.54) is 0 Å². The predicted octanol–water partition coefficient (Wildman–Crippen LogP) is 3.48. The normalized spacial score (nSPS) is 11.2. The fourth-order valence-electron chi connectivity index (χ4n) is 1.67. The Morgan fingerprint density at radius 3 is 2.81 bits per heavy atom. The number of nitrogens with two attached hydrogens (primary N) is 1. The molecule has 0 aliphatic rings. The first kappa shape index (κ1) is 11.2. The summed E-state index contributed by atoms with van der Waals surface area (Å²) in [6, 6.07) is 6.35. The van der Waals surface area contributed by atoms with E-state index in [2.05, 4.69) is 24.1 Å². The van der Waals surface area contributed by atoms with E-state index in [-0.39, 0.29) is 0 Å². The smallest absolute Gasteiger partial charge is 0.184 e. The van der Waals surface area contributed by atoms with E-state index in [9.17, 15) is 0 Å². The van der Waals surface area contributed by atoms with Crippen molar-refractivity contribution in [2.45, 2.75) is 32.7 Å². The highest BCUT2D eigenvalue weighted by molar-refractivity contribution is 7.22. The van der Waals surface area contributed by atoms with Crippen molar-refractivity contribution in [3.63, 3.8) is 0 Å². The van der Waals surface area contributed by atoms with Gasteiger partial charge in [0.2, 0.25) is 0 Å². The molecule has 1 heterocycles. The van der Waals surface area contributed by atoms with Crippen molar-refractivity contribution in [3.8, 4) is 0 Å². The lowest BCUT2D eigenvalue weighted by atomic mass is 10.2. The summed E-state index contributed by atoms with van der Waals surface area (Å²) < 4.78 is 1.15. The number of nitrogen functional groups attached to an aromatic ring is 1. The minimum atomic E-state index is 0.512. The zero-order chi connectivity index (χ0) is 11.5. The van der Waals surface area contributed by atoms with Crippen LogP contribution < -0.4 is 11.1 Å². The molecular weight excluding hydrogens is 218 g/mol. The van der Waals surface area contributed by atoms with Crippen LogP contribution in [0.1, 0.15) is 26.7 Å². The number of nitrogens with zero attached hydrogens (tertiary/aromatic N) is 1. The maximum Gasteiger partial charge on any atom is 0.184 e. The minimum Gasteiger partial charge on any atom is -0.399 e. The Hall–Kier alpha value is -1.29. The van der Waals surface area contributed by atoms with Gasteiger partial charge in [0.1, 0.15) is 0 Å². The number of benzene rings is 1. The van der Waals surface area contributed by atoms with Crippen molar-refractivity contribution in [1.29, 1.82) is 0 Å². The van der Waals surface area contributed by atoms with Crippen LogP contribution in [0.5, 0.6) is 0 Å². The molecule has 3 N–H and O–H groups in total. The number of aromatic nitrogens is 1. The summed E-state index contributed by atoms with van der Waals surface area (Å²) in [5, 5.41) is 4.45. The van der Waals surface area contributed by atoms with Gasteiger partial charge in [-0.1, -0.05) is 25.2 Å². The number of fused-ring (bicyclic) bond motifs is 1. The second-order valence-corrected chi connectivity index (χ2v) is 4.93. The summed E-state index contributed by atoms with van der Waals surface area (Å²) in [4.78, 5) is 4.54. The van der Waals surface area contributed by atoms with Crippen molar-refractivity contribution in [2.24, 2.45) is 0 Å². The average molecular weight is 235 g/mol. The zero-order valence-corrected chi connectivity index (χ0v) is 10.5. The summed E-state index contributed by atoms with van der Waals surface area (Å²) in [6.07, 6.45) is 2.24. The van der Waals surface area contributed by atoms with E-state index in [4.69, 9.17) is 5.73 Å². The second-order valence-electron chi connectivity index (χ2n) is 3.90. The van der Waals surface area contributed by atoms with E-state index >= 15 is 0 Å². The average Bonchev–Trinajstić information content (AvgIpc) is 2.67.